The number of nitrogens with zero attached hydrogens (tertiary/aromatic N) is 2. The Labute approximate surface area is 204 Å². The summed E-state index contributed by atoms with van der Waals surface area (Å²) < 4.78 is 24.1. The second-order valence-corrected chi connectivity index (χ2v) is 8.71. The average molecular weight is 493 g/mol. The minimum absolute atomic E-state index is 0.0157. The van der Waals surface area contributed by atoms with E-state index in [1.807, 2.05) is 11.8 Å². The van der Waals surface area contributed by atoms with Gasteiger partial charge in [-0.15, -0.1) is 0 Å². The van der Waals surface area contributed by atoms with E-state index in [-0.39, 0.29) is 52.5 Å². The maximum absolute atomic E-state index is 13.3. The van der Waals surface area contributed by atoms with Crippen molar-refractivity contribution in [3.63, 3.8) is 0 Å². The molecule has 0 radical (unpaired) electrons. The van der Waals surface area contributed by atoms with E-state index in [0.29, 0.717) is 19.6 Å². The lowest BCUT2D eigenvalue weighted by molar-refractivity contribution is -0.140. The molecule has 2 atom stereocenters. The molecule has 2 aromatic carbocycles. The Hall–Kier alpha value is -2.84. The molecule has 7 nitrogen and oxygen atoms in total. The maximum Gasteiger partial charge on any atom is 0.339 e. The molecule has 0 aromatic heterocycles. The van der Waals surface area contributed by atoms with Gasteiger partial charge in [-0.1, -0.05) is 37.6 Å². The summed E-state index contributed by atoms with van der Waals surface area (Å²) >= 11 is 6.04. The fourth-order valence-electron chi connectivity index (χ4n) is 4.27. The number of halogens is 2. The van der Waals surface area contributed by atoms with Crippen molar-refractivity contribution in [2.75, 3.05) is 26.8 Å². The minimum Gasteiger partial charge on any atom is -0.495 e. The van der Waals surface area contributed by atoms with Gasteiger partial charge in [-0.2, -0.15) is 0 Å². The van der Waals surface area contributed by atoms with Crippen LogP contribution in [-0.2, 0) is 11.3 Å². The third-order valence-electron chi connectivity index (χ3n) is 6.21. The molecule has 1 amide bonds. The molecule has 2 aromatic rings. The van der Waals surface area contributed by atoms with Crippen LogP contribution >= 0.6 is 11.6 Å². The number of carbonyl (C=O) groups excluding carboxylic acids is 1. The van der Waals surface area contributed by atoms with Crippen LogP contribution in [0.25, 0.3) is 0 Å². The van der Waals surface area contributed by atoms with Crippen LogP contribution in [0.2, 0.25) is 5.02 Å². The number of piperazine rings is 1. The first-order chi connectivity index (χ1) is 16.3. The van der Waals surface area contributed by atoms with Crippen LogP contribution in [0.1, 0.15) is 42.6 Å². The highest BCUT2D eigenvalue weighted by atomic mass is 35.5. The number of methoxy groups -OCH3 is 1. The van der Waals surface area contributed by atoms with Gasteiger partial charge in [0.25, 0.3) is 5.91 Å². The van der Waals surface area contributed by atoms with E-state index in [4.69, 9.17) is 21.1 Å². The van der Waals surface area contributed by atoms with E-state index >= 15 is 0 Å². The van der Waals surface area contributed by atoms with Crippen molar-refractivity contribution < 1.29 is 28.6 Å². The number of carboxylic acid groups (broad SMARTS) is 1. The summed E-state index contributed by atoms with van der Waals surface area (Å²) in [5.41, 5.74) is 0.886. The molecule has 1 aliphatic heterocycles. The second-order valence-electron chi connectivity index (χ2n) is 8.30. The summed E-state index contributed by atoms with van der Waals surface area (Å²) in [5, 5.41) is 9.62. The number of benzene rings is 2. The van der Waals surface area contributed by atoms with Crippen LogP contribution < -0.4 is 9.47 Å². The molecule has 184 valence electrons. The average Bonchev–Trinajstić information content (AvgIpc) is 2.83. The molecular formula is C25H30ClFN2O5. The number of carboxylic acids is 1. The summed E-state index contributed by atoms with van der Waals surface area (Å²) in [5.74, 6) is -1.39. The molecule has 1 aliphatic rings. The van der Waals surface area contributed by atoms with Gasteiger partial charge in [-0.05, 0) is 36.6 Å². The van der Waals surface area contributed by atoms with Crippen LogP contribution in [0.15, 0.2) is 36.4 Å². The van der Waals surface area contributed by atoms with Gasteiger partial charge in [0, 0.05) is 37.8 Å². The van der Waals surface area contributed by atoms with Gasteiger partial charge >= 0.3 is 5.97 Å². The van der Waals surface area contributed by atoms with Gasteiger partial charge in [-0.3, -0.25) is 9.69 Å². The molecule has 0 saturated carbocycles. The number of hydrogen-bond acceptors (Lipinski definition) is 5. The molecular weight excluding hydrogens is 463 g/mol. The molecule has 0 spiro atoms. The van der Waals surface area contributed by atoms with E-state index in [0.717, 1.165) is 18.4 Å². The number of rotatable bonds is 9. The van der Waals surface area contributed by atoms with Crippen molar-refractivity contribution in [2.24, 2.45) is 0 Å². The summed E-state index contributed by atoms with van der Waals surface area (Å²) in [6.45, 7) is 5.71. The second kappa shape index (κ2) is 11.5. The van der Waals surface area contributed by atoms with Crippen molar-refractivity contribution in [1.29, 1.82) is 0 Å². The Morgan fingerprint density at radius 1 is 1.09 bits per heavy atom. The molecule has 34 heavy (non-hydrogen) atoms. The first-order valence-electron chi connectivity index (χ1n) is 11.3. The van der Waals surface area contributed by atoms with Gasteiger partial charge in [0.1, 0.15) is 22.9 Å². The quantitative estimate of drug-likeness (QED) is 0.556. The number of aromatic carboxylic acids is 1. The third-order valence-corrected chi connectivity index (χ3v) is 6.50. The van der Waals surface area contributed by atoms with E-state index in [1.54, 1.807) is 12.1 Å². The molecule has 1 heterocycles. The highest BCUT2D eigenvalue weighted by Crippen LogP contribution is 2.33. The van der Waals surface area contributed by atoms with Crippen molar-refractivity contribution in [3.05, 3.63) is 58.4 Å². The zero-order valence-corrected chi connectivity index (χ0v) is 20.3. The van der Waals surface area contributed by atoms with Crippen molar-refractivity contribution in [3.8, 4) is 11.5 Å². The molecule has 0 bridgehead atoms. The van der Waals surface area contributed by atoms with Gasteiger partial charge in [0.2, 0.25) is 0 Å². The highest BCUT2D eigenvalue weighted by molar-refractivity contribution is 6.32. The Bertz CT molecular complexity index is 1020. The van der Waals surface area contributed by atoms with Crippen LogP contribution in [-0.4, -0.2) is 65.7 Å². The predicted molar refractivity (Wildman–Crippen MR) is 127 cm³/mol. The zero-order valence-electron chi connectivity index (χ0n) is 19.6. The molecule has 3 rings (SSSR count). The van der Waals surface area contributed by atoms with E-state index in [2.05, 4.69) is 11.8 Å². The van der Waals surface area contributed by atoms with Gasteiger partial charge < -0.3 is 19.5 Å². The number of ether oxygens (including phenoxy) is 2. The largest absolute Gasteiger partial charge is 0.495 e. The fourth-order valence-corrected chi connectivity index (χ4v) is 4.51. The first-order valence-corrected chi connectivity index (χ1v) is 11.7. The summed E-state index contributed by atoms with van der Waals surface area (Å²) in [6.07, 6.45) is 1.61. The lowest BCUT2D eigenvalue weighted by Crippen LogP contribution is -2.59. The predicted octanol–water partition coefficient (Wildman–Crippen LogP) is 4.47. The Kier molecular flexibility index (Phi) is 8.74. The van der Waals surface area contributed by atoms with E-state index in [9.17, 15) is 19.1 Å². The third kappa shape index (κ3) is 5.98. The van der Waals surface area contributed by atoms with Crippen LogP contribution in [0, 0.1) is 5.82 Å². The van der Waals surface area contributed by atoms with Gasteiger partial charge in [-0.25, -0.2) is 9.18 Å². The summed E-state index contributed by atoms with van der Waals surface area (Å²) in [7, 11) is 1.42. The van der Waals surface area contributed by atoms with Crippen molar-refractivity contribution in [1.82, 2.24) is 9.80 Å². The monoisotopic (exact) mass is 492 g/mol. The van der Waals surface area contributed by atoms with Crippen molar-refractivity contribution >= 4 is 23.5 Å². The molecule has 9 heteroatoms. The van der Waals surface area contributed by atoms with Gasteiger partial charge in [0.05, 0.1) is 12.1 Å². The Morgan fingerprint density at radius 3 is 2.35 bits per heavy atom. The minimum atomic E-state index is -1.21. The van der Waals surface area contributed by atoms with E-state index < -0.39 is 5.97 Å². The molecule has 1 saturated heterocycles. The first kappa shape index (κ1) is 25.8. The lowest BCUT2D eigenvalue weighted by Gasteiger charge is -2.46. The lowest BCUT2D eigenvalue weighted by atomic mass is 10.0. The zero-order chi connectivity index (χ0) is 24.8. The molecule has 1 N–H and O–H groups in total. The van der Waals surface area contributed by atoms with Crippen molar-refractivity contribution in [2.45, 2.75) is 45.3 Å². The standard InChI is InChI=1S/C25H30ClFN2O5/c1-4-18-14-29(19(5-2)13-28(18)12-16-6-8-17(27)9-7-16)24(30)15-34-22-11-23(33-3)21(26)10-20(22)25(31)32/h6-11,18-19H,4-5,12-15H2,1-3H3,(H,31,32). The summed E-state index contributed by atoms with van der Waals surface area (Å²) in [4.78, 5) is 28.9. The maximum atomic E-state index is 13.3. The smallest absolute Gasteiger partial charge is 0.339 e. The number of hydrogen-bond donors (Lipinski definition) is 1. The molecule has 2 unspecified atom stereocenters. The highest BCUT2D eigenvalue weighted by Gasteiger charge is 2.35. The SMILES string of the molecule is CCC1CN(C(=O)COc2cc(OC)c(Cl)cc2C(=O)O)C(CC)CN1Cc1ccc(F)cc1. The number of carbonyl (C=O) groups is 2. The Morgan fingerprint density at radius 2 is 1.76 bits per heavy atom. The normalized spacial score (nSPS) is 18.6. The van der Waals surface area contributed by atoms with Crippen LogP contribution in [0.5, 0.6) is 11.5 Å². The fraction of sp³-hybridized carbons (Fsp3) is 0.440. The summed E-state index contributed by atoms with van der Waals surface area (Å²) in [6, 6.07) is 9.25. The van der Waals surface area contributed by atoms with Crippen LogP contribution in [0.4, 0.5) is 4.39 Å². The molecule has 1 fully saturated rings. The van der Waals surface area contributed by atoms with Gasteiger partial charge in [0.15, 0.2) is 6.61 Å². The Balaban J connectivity index is 1.71. The van der Waals surface area contributed by atoms with E-state index in [1.165, 1.54) is 31.4 Å². The topological polar surface area (TPSA) is 79.3 Å². The molecule has 0 aliphatic carbocycles. The number of amides is 1. The van der Waals surface area contributed by atoms with Crippen LogP contribution in [0.3, 0.4) is 0 Å².